The van der Waals surface area contributed by atoms with Crippen LogP contribution in [0.3, 0.4) is 0 Å². The Balaban J connectivity index is 1.53. The maximum atomic E-state index is 12.5. The standard InChI is InChI=1S/C21H30N2O3/c1-13(18-12-14-5-6-16(18)11-14)22-19(24)15-7-9-17(10-8-15)23-20(25)26-21(2,3)4/h7-10,13-14,16,18H,5-6,11-12H2,1-4H3,(H,22,24)(H,23,25). The van der Waals surface area contributed by atoms with Crippen LogP contribution in [0.4, 0.5) is 10.5 Å². The quantitative estimate of drug-likeness (QED) is 0.827. The second-order valence-electron chi connectivity index (χ2n) is 8.81. The van der Waals surface area contributed by atoms with Crippen molar-refractivity contribution in [3.63, 3.8) is 0 Å². The van der Waals surface area contributed by atoms with Gasteiger partial charge in [-0.15, -0.1) is 0 Å². The molecule has 5 nitrogen and oxygen atoms in total. The zero-order chi connectivity index (χ0) is 18.9. The number of hydrogen-bond acceptors (Lipinski definition) is 3. The molecule has 4 atom stereocenters. The van der Waals surface area contributed by atoms with Gasteiger partial charge in [0.15, 0.2) is 0 Å². The van der Waals surface area contributed by atoms with Crippen molar-refractivity contribution in [2.24, 2.45) is 17.8 Å². The summed E-state index contributed by atoms with van der Waals surface area (Å²) in [6.45, 7) is 7.58. The van der Waals surface area contributed by atoms with Gasteiger partial charge >= 0.3 is 6.09 Å². The Hall–Kier alpha value is -2.04. The molecule has 1 aromatic rings. The van der Waals surface area contributed by atoms with Crippen LogP contribution < -0.4 is 10.6 Å². The number of amides is 2. The third-order valence-electron chi connectivity index (χ3n) is 5.59. The summed E-state index contributed by atoms with van der Waals surface area (Å²) in [6, 6.07) is 7.12. The second-order valence-corrected chi connectivity index (χ2v) is 8.81. The molecule has 0 radical (unpaired) electrons. The predicted octanol–water partition coefficient (Wildman–Crippen LogP) is 4.59. The molecule has 2 saturated carbocycles. The van der Waals surface area contributed by atoms with E-state index in [4.69, 9.17) is 4.74 Å². The first-order valence-electron chi connectivity index (χ1n) is 9.62. The summed E-state index contributed by atoms with van der Waals surface area (Å²) in [6.07, 6.45) is 4.79. The SMILES string of the molecule is CC(NC(=O)c1ccc(NC(=O)OC(C)(C)C)cc1)C1CC2CCC1C2. The van der Waals surface area contributed by atoms with Crippen molar-refractivity contribution in [1.29, 1.82) is 0 Å². The number of anilines is 1. The number of ether oxygens (including phenoxy) is 1. The molecule has 1 aromatic carbocycles. The number of fused-ring (bicyclic) bond motifs is 2. The maximum Gasteiger partial charge on any atom is 0.412 e. The Morgan fingerprint density at radius 3 is 2.35 bits per heavy atom. The fraction of sp³-hybridized carbons (Fsp3) is 0.619. The van der Waals surface area contributed by atoms with Crippen molar-refractivity contribution in [3.05, 3.63) is 29.8 Å². The Kier molecular flexibility index (Phi) is 5.26. The number of hydrogen-bond donors (Lipinski definition) is 2. The van der Waals surface area contributed by atoms with E-state index in [1.54, 1.807) is 24.3 Å². The number of benzene rings is 1. The van der Waals surface area contributed by atoms with E-state index in [2.05, 4.69) is 17.6 Å². The van der Waals surface area contributed by atoms with Gasteiger partial charge in [0.25, 0.3) is 5.91 Å². The minimum atomic E-state index is -0.542. The lowest BCUT2D eigenvalue weighted by Crippen LogP contribution is -2.40. The largest absolute Gasteiger partial charge is 0.444 e. The minimum Gasteiger partial charge on any atom is -0.444 e. The second kappa shape index (κ2) is 7.29. The van der Waals surface area contributed by atoms with E-state index >= 15 is 0 Å². The van der Waals surface area contributed by atoms with Crippen LogP contribution in [-0.2, 0) is 4.74 Å². The molecule has 5 heteroatoms. The lowest BCUT2D eigenvalue weighted by molar-refractivity contribution is 0.0635. The highest BCUT2D eigenvalue weighted by Gasteiger charge is 2.42. The van der Waals surface area contributed by atoms with Gasteiger partial charge in [0, 0.05) is 17.3 Å². The minimum absolute atomic E-state index is 0.0518. The molecule has 2 bridgehead atoms. The molecule has 2 amide bonds. The Morgan fingerprint density at radius 1 is 1.12 bits per heavy atom. The topological polar surface area (TPSA) is 67.4 Å². The van der Waals surface area contributed by atoms with Crippen molar-refractivity contribution in [1.82, 2.24) is 5.32 Å². The van der Waals surface area contributed by atoms with Crippen LogP contribution in [0.1, 0.15) is 63.7 Å². The van der Waals surface area contributed by atoms with Crippen LogP contribution in [0.25, 0.3) is 0 Å². The molecule has 0 heterocycles. The van der Waals surface area contributed by atoms with Gasteiger partial charge in [-0.05, 0) is 89.0 Å². The van der Waals surface area contributed by atoms with Crippen LogP contribution >= 0.6 is 0 Å². The Labute approximate surface area is 155 Å². The molecule has 2 aliphatic rings. The third-order valence-corrected chi connectivity index (χ3v) is 5.59. The van der Waals surface area contributed by atoms with Crippen molar-refractivity contribution >= 4 is 17.7 Å². The summed E-state index contributed by atoms with van der Waals surface area (Å²) in [5.74, 6) is 2.23. The highest BCUT2D eigenvalue weighted by molar-refractivity contribution is 5.95. The molecule has 0 aliphatic heterocycles. The first-order valence-corrected chi connectivity index (χ1v) is 9.62. The monoisotopic (exact) mass is 358 g/mol. The molecule has 2 fully saturated rings. The van der Waals surface area contributed by atoms with E-state index in [0.717, 1.165) is 11.8 Å². The van der Waals surface area contributed by atoms with Gasteiger partial charge in [-0.2, -0.15) is 0 Å². The Bertz CT molecular complexity index is 663. The summed E-state index contributed by atoms with van der Waals surface area (Å²) < 4.78 is 5.22. The van der Waals surface area contributed by atoms with Crippen LogP contribution in [0.5, 0.6) is 0 Å². The summed E-state index contributed by atoms with van der Waals surface area (Å²) in [5.41, 5.74) is 0.673. The summed E-state index contributed by atoms with van der Waals surface area (Å²) in [4.78, 5) is 24.3. The van der Waals surface area contributed by atoms with Crippen molar-refractivity contribution in [2.75, 3.05) is 5.32 Å². The van der Waals surface area contributed by atoms with Gasteiger partial charge in [-0.1, -0.05) is 6.42 Å². The molecule has 3 rings (SSSR count). The smallest absolute Gasteiger partial charge is 0.412 e. The summed E-state index contributed by atoms with van der Waals surface area (Å²) in [7, 11) is 0. The molecule has 0 spiro atoms. The van der Waals surface area contributed by atoms with Crippen molar-refractivity contribution < 1.29 is 14.3 Å². The molecule has 4 unspecified atom stereocenters. The van der Waals surface area contributed by atoms with Crippen molar-refractivity contribution in [3.8, 4) is 0 Å². The van der Waals surface area contributed by atoms with Gasteiger partial charge < -0.3 is 10.1 Å². The van der Waals surface area contributed by atoms with E-state index in [0.29, 0.717) is 17.2 Å². The van der Waals surface area contributed by atoms with Crippen LogP contribution in [0, 0.1) is 17.8 Å². The Morgan fingerprint density at radius 2 is 1.81 bits per heavy atom. The van der Waals surface area contributed by atoms with E-state index in [-0.39, 0.29) is 11.9 Å². The average Bonchev–Trinajstić information content (AvgIpc) is 3.16. The fourth-order valence-electron chi connectivity index (χ4n) is 4.43. The average molecular weight is 358 g/mol. The van der Waals surface area contributed by atoms with Gasteiger partial charge in [-0.3, -0.25) is 10.1 Å². The predicted molar refractivity (Wildman–Crippen MR) is 102 cm³/mol. The van der Waals surface area contributed by atoms with E-state index in [9.17, 15) is 9.59 Å². The number of carbonyl (C=O) groups excluding carboxylic acids is 2. The normalized spacial score (nSPS) is 25.6. The van der Waals surface area contributed by atoms with Crippen molar-refractivity contribution in [2.45, 2.75) is 65.0 Å². The summed E-state index contributed by atoms with van der Waals surface area (Å²) >= 11 is 0. The number of carbonyl (C=O) groups is 2. The molecular formula is C21H30N2O3. The van der Waals surface area contributed by atoms with E-state index in [1.807, 2.05) is 20.8 Å². The molecular weight excluding hydrogens is 328 g/mol. The van der Waals surface area contributed by atoms with Gasteiger partial charge in [0.1, 0.15) is 5.60 Å². The van der Waals surface area contributed by atoms with E-state index < -0.39 is 11.7 Å². The fourth-order valence-corrected chi connectivity index (χ4v) is 4.43. The highest BCUT2D eigenvalue weighted by Crippen LogP contribution is 2.49. The van der Waals surface area contributed by atoms with Crippen LogP contribution in [0.2, 0.25) is 0 Å². The van der Waals surface area contributed by atoms with Gasteiger partial charge in [0.2, 0.25) is 0 Å². The number of nitrogens with one attached hydrogen (secondary N) is 2. The molecule has 142 valence electrons. The molecule has 2 aliphatic carbocycles. The lowest BCUT2D eigenvalue weighted by atomic mass is 9.84. The van der Waals surface area contributed by atoms with Gasteiger partial charge in [0.05, 0.1) is 0 Å². The number of rotatable bonds is 4. The maximum absolute atomic E-state index is 12.5. The van der Waals surface area contributed by atoms with Crippen LogP contribution in [0.15, 0.2) is 24.3 Å². The summed E-state index contributed by atoms with van der Waals surface area (Å²) in [5, 5.41) is 5.84. The zero-order valence-electron chi connectivity index (χ0n) is 16.2. The first kappa shape index (κ1) is 18.7. The molecule has 2 N–H and O–H groups in total. The highest BCUT2D eigenvalue weighted by atomic mass is 16.6. The lowest BCUT2D eigenvalue weighted by Gasteiger charge is -2.28. The molecule has 0 saturated heterocycles. The first-order chi connectivity index (χ1) is 12.2. The zero-order valence-corrected chi connectivity index (χ0v) is 16.2. The molecule has 0 aromatic heterocycles. The van der Waals surface area contributed by atoms with Crippen LogP contribution in [-0.4, -0.2) is 23.6 Å². The van der Waals surface area contributed by atoms with E-state index in [1.165, 1.54) is 25.7 Å². The third kappa shape index (κ3) is 4.57. The van der Waals surface area contributed by atoms with Gasteiger partial charge in [-0.25, -0.2) is 4.79 Å². The molecule has 26 heavy (non-hydrogen) atoms.